The lowest BCUT2D eigenvalue weighted by Crippen LogP contribution is -2.60. The summed E-state index contributed by atoms with van der Waals surface area (Å²) in [5, 5.41) is 75.4. The number of carbonyl (C=O) groups is 1. The molecule has 0 spiro atoms. The van der Waals surface area contributed by atoms with Crippen LogP contribution < -0.4 is 33.2 Å². The quantitative estimate of drug-likeness (QED) is 0.0977. The first kappa shape index (κ1) is 45.9. The van der Waals surface area contributed by atoms with Crippen LogP contribution >= 0.6 is 0 Å². The number of aliphatic hydroxyl groups is 5. The van der Waals surface area contributed by atoms with E-state index in [4.69, 9.17) is 61.6 Å². The van der Waals surface area contributed by atoms with Gasteiger partial charge in [-0.15, -0.1) is 0 Å². The molecule has 0 bridgehead atoms. The van der Waals surface area contributed by atoms with E-state index in [-0.39, 0.29) is 75.2 Å². The summed E-state index contributed by atoms with van der Waals surface area (Å²) in [6.07, 6.45) is -12.4. The largest absolute Gasteiger partial charge is 0.502 e. The molecule has 4 fully saturated rings. The summed E-state index contributed by atoms with van der Waals surface area (Å²) in [7, 11) is 8.24. The summed E-state index contributed by atoms with van der Waals surface area (Å²) < 4.78 is 73.2. The maximum Gasteiger partial charge on any atom is 0.338 e. The van der Waals surface area contributed by atoms with Crippen LogP contribution in [0.2, 0.25) is 0 Å². The van der Waals surface area contributed by atoms with Crippen molar-refractivity contribution in [3.8, 4) is 51.7 Å². The fourth-order valence-electron chi connectivity index (χ4n) is 8.16. The molecule has 4 aliphatic rings. The van der Waals surface area contributed by atoms with E-state index in [1.807, 2.05) is 0 Å². The Kier molecular flexibility index (Phi) is 13.8. The molecule has 4 aliphatic heterocycles. The Balaban J connectivity index is 0.997. The Bertz CT molecular complexity index is 2020. The van der Waals surface area contributed by atoms with Gasteiger partial charge in [-0.2, -0.15) is 0 Å². The first-order valence-electron chi connectivity index (χ1n) is 19.8. The van der Waals surface area contributed by atoms with Crippen molar-refractivity contribution in [1.29, 1.82) is 0 Å². The number of phenolic OH excluding ortho intramolecular Hbond substituents is 2. The van der Waals surface area contributed by atoms with E-state index in [0.29, 0.717) is 18.8 Å². The summed E-state index contributed by atoms with van der Waals surface area (Å²) in [5.41, 5.74) is -0.791. The van der Waals surface area contributed by atoms with Gasteiger partial charge >= 0.3 is 5.97 Å². The number of aliphatic hydroxyl groups excluding tert-OH is 4. The minimum atomic E-state index is -2.13. The third-order valence-electron chi connectivity index (χ3n) is 11.7. The number of rotatable bonds is 16. The van der Waals surface area contributed by atoms with E-state index >= 15 is 0 Å². The molecule has 12 atom stereocenters. The molecule has 4 heterocycles. The molecule has 0 radical (unpaired) electrons. The summed E-state index contributed by atoms with van der Waals surface area (Å²) in [6.45, 7) is -1.12. The van der Waals surface area contributed by atoms with Gasteiger partial charge in [-0.05, 0) is 47.5 Å². The van der Waals surface area contributed by atoms with E-state index < -0.39 is 80.6 Å². The normalized spacial score (nSPS) is 31.3. The van der Waals surface area contributed by atoms with Crippen LogP contribution in [0.25, 0.3) is 0 Å². The van der Waals surface area contributed by atoms with Crippen molar-refractivity contribution in [2.24, 2.45) is 11.8 Å². The van der Waals surface area contributed by atoms with Gasteiger partial charge in [0.05, 0.1) is 86.9 Å². The number of hydrogen-bond acceptors (Lipinski definition) is 21. The number of aromatic hydroxyl groups is 2. The number of phenols is 2. The lowest BCUT2D eigenvalue weighted by atomic mass is 9.84. The van der Waals surface area contributed by atoms with Crippen molar-refractivity contribution in [3.05, 3.63) is 53.1 Å². The number of carbonyl (C=O) groups excluding carboxylic acids is 1. The fourth-order valence-corrected chi connectivity index (χ4v) is 8.16. The van der Waals surface area contributed by atoms with Crippen LogP contribution in [0, 0.1) is 11.8 Å². The fraction of sp³-hybridized carbons (Fsp3) is 0.548. The smallest absolute Gasteiger partial charge is 0.338 e. The molecule has 0 aliphatic carbocycles. The predicted molar refractivity (Wildman–Crippen MR) is 211 cm³/mol. The van der Waals surface area contributed by atoms with E-state index in [9.17, 15) is 40.5 Å². The maximum atomic E-state index is 12.8. The molecule has 0 aromatic heterocycles. The van der Waals surface area contributed by atoms with Gasteiger partial charge in [-0.1, -0.05) is 0 Å². The number of hydrogen-bond donors (Lipinski definition) is 7. The highest BCUT2D eigenvalue weighted by atomic mass is 16.7. The van der Waals surface area contributed by atoms with Gasteiger partial charge in [0.2, 0.25) is 23.5 Å². The molecular weight excluding hydrogens is 840 g/mol. The molecule has 21 nitrogen and oxygen atoms in total. The Labute approximate surface area is 360 Å². The first-order chi connectivity index (χ1) is 30.2. The molecule has 346 valence electrons. The van der Waals surface area contributed by atoms with Crippen molar-refractivity contribution < 1.29 is 102 Å². The molecule has 7 N–H and O–H groups in total. The van der Waals surface area contributed by atoms with Gasteiger partial charge in [0.1, 0.15) is 37.1 Å². The molecule has 21 heteroatoms. The van der Waals surface area contributed by atoms with Crippen molar-refractivity contribution in [1.82, 2.24) is 0 Å². The van der Waals surface area contributed by atoms with Gasteiger partial charge in [0, 0.05) is 11.8 Å². The zero-order chi connectivity index (χ0) is 45.3. The Morgan fingerprint density at radius 1 is 0.651 bits per heavy atom. The SMILES string of the molecule is COc1cc(C(=O)OC[C@@]2(O)CO[C@@H](OC[C@H]3O[C@@H](Oc4c(OC)cc([C@H]5OC[C@H]6[C@@H]5CO[C@H]6c5cc(OC)c(O)c(OC)c5)cc4OC)[C@H](O)[C@@H](O)[C@@H]3O)[C@@H]2O)cc(OC)c1O. The van der Waals surface area contributed by atoms with Crippen LogP contribution in [0.4, 0.5) is 0 Å². The van der Waals surface area contributed by atoms with Crippen LogP contribution in [-0.4, -0.2) is 166 Å². The molecule has 3 aromatic carbocycles. The molecule has 0 unspecified atom stereocenters. The third kappa shape index (κ3) is 8.77. The van der Waals surface area contributed by atoms with E-state index in [1.54, 1.807) is 24.3 Å². The molecule has 3 aromatic rings. The summed E-state index contributed by atoms with van der Waals surface area (Å²) >= 11 is 0. The Hall–Kier alpha value is -5.07. The minimum absolute atomic E-state index is 0.00668. The lowest BCUT2D eigenvalue weighted by molar-refractivity contribution is -0.289. The topological polar surface area (TPSA) is 279 Å². The lowest BCUT2D eigenvalue weighted by Gasteiger charge is -2.40. The third-order valence-corrected chi connectivity index (χ3v) is 11.7. The number of fused-ring (bicyclic) bond motifs is 1. The Morgan fingerprint density at radius 2 is 1.13 bits per heavy atom. The average Bonchev–Trinajstić information content (AvgIpc) is 3.99. The second-order valence-corrected chi connectivity index (χ2v) is 15.4. The van der Waals surface area contributed by atoms with Gasteiger partial charge in [0.25, 0.3) is 0 Å². The van der Waals surface area contributed by atoms with Crippen molar-refractivity contribution in [3.63, 3.8) is 0 Å². The first-order valence-corrected chi connectivity index (χ1v) is 19.8. The van der Waals surface area contributed by atoms with Crippen molar-refractivity contribution >= 4 is 5.97 Å². The van der Waals surface area contributed by atoms with Crippen LogP contribution in [0.15, 0.2) is 36.4 Å². The van der Waals surface area contributed by atoms with Gasteiger partial charge < -0.3 is 97.3 Å². The molecule has 7 rings (SSSR count). The summed E-state index contributed by atoms with van der Waals surface area (Å²) in [4.78, 5) is 12.8. The second-order valence-electron chi connectivity index (χ2n) is 15.4. The van der Waals surface area contributed by atoms with E-state index in [2.05, 4.69) is 0 Å². The highest BCUT2D eigenvalue weighted by Crippen LogP contribution is 2.54. The standard InChI is InChI=1S/C42H52O21/c1-51-23-7-18(8-24(52-2)30(23)43)35-21-13-58-36(22(21)14-57-35)19-9-27(55-5)37(28(10-19)56-6)63-40-34(47)33(46)32(45)29(62-40)15-59-41-38(48)42(50,17-61-41)16-60-39(49)20-11-25(53-3)31(44)26(12-20)54-4/h7-12,21-22,29,32-36,38,40-41,43-48,50H,13-17H2,1-6H3/t21-,22-,29+,32+,33-,34+,35-,36+,38-,40-,41+,42+/m0/s1. The number of esters is 1. The monoisotopic (exact) mass is 892 g/mol. The number of ether oxygens (including phenoxy) is 13. The predicted octanol–water partition coefficient (Wildman–Crippen LogP) is 0.733. The van der Waals surface area contributed by atoms with Gasteiger partial charge in [-0.3, -0.25) is 0 Å². The van der Waals surface area contributed by atoms with Gasteiger partial charge in [-0.25, -0.2) is 4.79 Å². The number of benzene rings is 3. The van der Waals surface area contributed by atoms with E-state index in [1.165, 1.54) is 54.8 Å². The molecule has 63 heavy (non-hydrogen) atoms. The van der Waals surface area contributed by atoms with Crippen molar-refractivity contribution in [2.75, 3.05) is 75.7 Å². The molecule has 0 amide bonds. The van der Waals surface area contributed by atoms with Crippen LogP contribution in [-0.2, 0) is 28.4 Å². The highest BCUT2D eigenvalue weighted by Gasteiger charge is 2.52. The van der Waals surface area contributed by atoms with Gasteiger partial charge in [0.15, 0.2) is 46.4 Å². The highest BCUT2D eigenvalue weighted by molar-refractivity contribution is 5.91. The summed E-state index contributed by atoms with van der Waals surface area (Å²) in [5.74, 6) is -0.896. The van der Waals surface area contributed by atoms with Crippen LogP contribution in [0.3, 0.4) is 0 Å². The van der Waals surface area contributed by atoms with E-state index in [0.717, 1.165) is 5.56 Å². The minimum Gasteiger partial charge on any atom is -0.502 e. The number of methoxy groups -OCH3 is 6. The zero-order valence-corrected chi connectivity index (χ0v) is 35.2. The Morgan fingerprint density at radius 3 is 1.62 bits per heavy atom. The van der Waals surface area contributed by atoms with Crippen LogP contribution in [0.5, 0.6) is 51.7 Å². The second kappa shape index (κ2) is 19.0. The molecule has 0 saturated carbocycles. The van der Waals surface area contributed by atoms with Crippen molar-refractivity contribution in [2.45, 2.75) is 60.9 Å². The molecular formula is C42H52O21. The zero-order valence-electron chi connectivity index (χ0n) is 35.2. The maximum absolute atomic E-state index is 12.8. The molecule has 4 saturated heterocycles. The van der Waals surface area contributed by atoms with Crippen LogP contribution in [0.1, 0.15) is 33.7 Å². The average molecular weight is 893 g/mol. The summed E-state index contributed by atoms with van der Waals surface area (Å²) in [6, 6.07) is 9.18.